The lowest BCUT2D eigenvalue weighted by atomic mass is 9.72. The van der Waals surface area contributed by atoms with Crippen LogP contribution in [0.4, 0.5) is 14.7 Å². The number of hydrogen-bond acceptors (Lipinski definition) is 5. The van der Waals surface area contributed by atoms with Gasteiger partial charge in [-0.25, -0.2) is 18.7 Å². The average Bonchev–Trinajstić information content (AvgIpc) is 2.71. The summed E-state index contributed by atoms with van der Waals surface area (Å²) in [5.74, 6) is -0.725. The molecule has 144 valence electrons. The predicted molar refractivity (Wildman–Crippen MR) is 101 cm³/mol. The smallest absolute Gasteiger partial charge is 0.247 e. The van der Waals surface area contributed by atoms with Gasteiger partial charge in [0.05, 0.1) is 5.69 Å². The number of rotatable bonds is 6. The summed E-state index contributed by atoms with van der Waals surface area (Å²) < 4.78 is 28.2. The minimum atomic E-state index is -0.947. The topological polar surface area (TPSA) is 83.6 Å². The Morgan fingerprint density at radius 1 is 1.14 bits per heavy atom. The zero-order valence-corrected chi connectivity index (χ0v) is 15.0. The maximum absolute atomic E-state index is 14.2. The van der Waals surface area contributed by atoms with Gasteiger partial charge in [0.25, 0.3) is 0 Å². The van der Waals surface area contributed by atoms with E-state index in [2.05, 4.69) is 25.3 Å². The summed E-state index contributed by atoms with van der Waals surface area (Å²) >= 11 is 0. The van der Waals surface area contributed by atoms with Crippen LogP contribution in [0.5, 0.6) is 0 Å². The Balaban J connectivity index is 1.49. The van der Waals surface area contributed by atoms with Crippen molar-refractivity contribution >= 4 is 5.95 Å². The van der Waals surface area contributed by atoms with Crippen molar-refractivity contribution in [2.24, 2.45) is 5.92 Å². The number of pyridine rings is 2. The van der Waals surface area contributed by atoms with Crippen molar-refractivity contribution in [1.29, 1.82) is 0 Å². The van der Waals surface area contributed by atoms with E-state index in [1.165, 1.54) is 24.4 Å². The molecule has 2 N–H and O–H groups in total. The molecule has 0 aromatic carbocycles. The molecular formula is C20H19F2N5O. The van der Waals surface area contributed by atoms with Crippen molar-refractivity contribution in [3.8, 4) is 11.1 Å². The Morgan fingerprint density at radius 2 is 1.96 bits per heavy atom. The number of hydrogen-bond donors (Lipinski definition) is 2. The van der Waals surface area contributed by atoms with E-state index >= 15 is 0 Å². The molecule has 3 aromatic heterocycles. The zero-order chi connectivity index (χ0) is 19.5. The van der Waals surface area contributed by atoms with Gasteiger partial charge < -0.3 is 10.3 Å². The lowest BCUT2D eigenvalue weighted by Gasteiger charge is -2.37. The summed E-state index contributed by atoms with van der Waals surface area (Å²) in [6, 6.07) is 5.98. The normalized spacial score (nSPS) is 19.6. The van der Waals surface area contributed by atoms with Gasteiger partial charge in [-0.2, -0.15) is 0 Å². The Labute approximate surface area is 160 Å². The van der Waals surface area contributed by atoms with E-state index in [1.54, 1.807) is 24.7 Å². The fourth-order valence-corrected chi connectivity index (χ4v) is 3.42. The third-order valence-corrected chi connectivity index (χ3v) is 5.14. The lowest BCUT2D eigenvalue weighted by molar-refractivity contribution is 0.0894. The van der Waals surface area contributed by atoms with Crippen LogP contribution in [-0.2, 0) is 0 Å². The molecule has 3 atom stereocenters. The molecule has 8 heteroatoms. The average molecular weight is 383 g/mol. The highest BCUT2D eigenvalue weighted by Crippen LogP contribution is 2.41. The molecule has 6 nitrogen and oxygen atoms in total. The minimum Gasteiger partial charge on any atom is -0.354 e. The second-order valence-electron chi connectivity index (χ2n) is 6.85. The third-order valence-electron chi connectivity index (χ3n) is 5.14. The monoisotopic (exact) mass is 383 g/mol. The van der Waals surface area contributed by atoms with E-state index < -0.39 is 17.9 Å². The molecule has 0 spiro atoms. The van der Waals surface area contributed by atoms with Crippen LogP contribution in [-0.4, -0.2) is 32.7 Å². The molecule has 0 radical (unpaired) electrons. The zero-order valence-electron chi connectivity index (χ0n) is 15.0. The first-order valence-electron chi connectivity index (χ1n) is 9.11. The molecule has 28 heavy (non-hydrogen) atoms. The highest BCUT2D eigenvalue weighted by molar-refractivity contribution is 5.60. The Hall–Kier alpha value is -3.16. The number of aromatic amines is 1. The summed E-state index contributed by atoms with van der Waals surface area (Å²) in [4.78, 5) is 26.4. The first-order chi connectivity index (χ1) is 13.6. The van der Waals surface area contributed by atoms with Gasteiger partial charge in [-0.15, -0.1) is 0 Å². The molecule has 3 heterocycles. The standard InChI is InChI=1S/C20H19F2N5O/c21-16-5-4-14(16)15(19-17(22)2-1-7-23-19)11-27-20-25-9-13(10-26-20)12-3-6-18(28)24-8-12/h1-3,6-10,14-16H,4-5,11H2,(H,24,28)(H,25,26,27)/t14?,15-,16-/m0/s1. The van der Waals surface area contributed by atoms with E-state index in [0.29, 0.717) is 18.8 Å². The van der Waals surface area contributed by atoms with Crippen molar-refractivity contribution < 1.29 is 8.78 Å². The van der Waals surface area contributed by atoms with E-state index in [0.717, 1.165) is 11.1 Å². The number of alkyl halides is 1. The van der Waals surface area contributed by atoms with Gasteiger partial charge in [0.2, 0.25) is 11.5 Å². The lowest BCUT2D eigenvalue weighted by Crippen LogP contribution is -2.37. The maximum Gasteiger partial charge on any atom is 0.247 e. The van der Waals surface area contributed by atoms with E-state index in [9.17, 15) is 13.6 Å². The third kappa shape index (κ3) is 3.76. The van der Waals surface area contributed by atoms with Crippen molar-refractivity contribution in [2.75, 3.05) is 11.9 Å². The van der Waals surface area contributed by atoms with Gasteiger partial charge in [-0.3, -0.25) is 9.78 Å². The highest BCUT2D eigenvalue weighted by Gasteiger charge is 2.39. The summed E-state index contributed by atoms with van der Waals surface area (Å²) in [5, 5.41) is 3.07. The van der Waals surface area contributed by atoms with Gasteiger partial charge in [-0.05, 0) is 31.0 Å². The van der Waals surface area contributed by atoms with Crippen molar-refractivity contribution in [2.45, 2.75) is 24.9 Å². The second kappa shape index (κ2) is 7.84. The maximum atomic E-state index is 14.2. The SMILES string of the molecule is O=c1ccc(-c2cnc(NC[C@H](c3ncccc3F)C3CC[C@@H]3F)nc2)c[nH]1. The van der Waals surface area contributed by atoms with Gasteiger partial charge in [-0.1, -0.05) is 0 Å². The summed E-state index contributed by atoms with van der Waals surface area (Å²) in [6.45, 7) is 0.289. The van der Waals surface area contributed by atoms with Crippen molar-refractivity contribution in [3.63, 3.8) is 0 Å². The molecular weight excluding hydrogens is 364 g/mol. The fraction of sp³-hybridized carbons (Fsp3) is 0.300. The summed E-state index contributed by atoms with van der Waals surface area (Å²) in [6.07, 6.45) is 6.62. The molecule has 0 aliphatic heterocycles. The number of aromatic nitrogens is 4. The second-order valence-corrected chi connectivity index (χ2v) is 6.85. The van der Waals surface area contributed by atoms with Crippen LogP contribution in [0, 0.1) is 11.7 Å². The first-order valence-corrected chi connectivity index (χ1v) is 9.11. The van der Waals surface area contributed by atoms with Crippen LogP contribution in [0.3, 0.4) is 0 Å². The predicted octanol–water partition coefficient (Wildman–Crippen LogP) is 3.31. The molecule has 1 aliphatic carbocycles. The largest absolute Gasteiger partial charge is 0.354 e. The Morgan fingerprint density at radius 3 is 2.57 bits per heavy atom. The fourth-order valence-electron chi connectivity index (χ4n) is 3.42. The molecule has 1 unspecified atom stereocenters. The first kappa shape index (κ1) is 18.2. The van der Waals surface area contributed by atoms with Crippen LogP contribution in [0.1, 0.15) is 24.5 Å². The van der Waals surface area contributed by atoms with E-state index in [-0.39, 0.29) is 23.7 Å². The summed E-state index contributed by atoms with van der Waals surface area (Å²) in [7, 11) is 0. The number of anilines is 1. The van der Waals surface area contributed by atoms with Crippen molar-refractivity contribution in [1.82, 2.24) is 19.9 Å². The van der Waals surface area contributed by atoms with Crippen LogP contribution < -0.4 is 10.9 Å². The van der Waals surface area contributed by atoms with Gasteiger partial charge in [0.1, 0.15) is 12.0 Å². The van der Waals surface area contributed by atoms with Crippen LogP contribution in [0.15, 0.2) is 53.8 Å². The van der Waals surface area contributed by atoms with Crippen LogP contribution >= 0.6 is 0 Å². The quantitative estimate of drug-likeness (QED) is 0.682. The molecule has 0 saturated heterocycles. The van der Waals surface area contributed by atoms with Gasteiger partial charge >= 0.3 is 0 Å². The van der Waals surface area contributed by atoms with E-state index in [1.807, 2.05) is 0 Å². The van der Waals surface area contributed by atoms with Crippen LogP contribution in [0.25, 0.3) is 11.1 Å². The number of H-pyrrole nitrogens is 1. The molecule has 3 aromatic rings. The minimum absolute atomic E-state index is 0.182. The Kier molecular flexibility index (Phi) is 5.10. The Bertz CT molecular complexity index is 987. The molecule has 1 fully saturated rings. The number of nitrogens with one attached hydrogen (secondary N) is 2. The molecule has 1 aliphatic rings. The van der Waals surface area contributed by atoms with Crippen LogP contribution in [0.2, 0.25) is 0 Å². The van der Waals surface area contributed by atoms with Gasteiger partial charge in [0.15, 0.2) is 0 Å². The van der Waals surface area contributed by atoms with Crippen molar-refractivity contribution in [3.05, 3.63) is 70.9 Å². The highest BCUT2D eigenvalue weighted by atomic mass is 19.1. The van der Waals surface area contributed by atoms with E-state index in [4.69, 9.17) is 0 Å². The molecule has 0 amide bonds. The number of halogens is 2. The molecule has 1 saturated carbocycles. The molecule has 4 rings (SSSR count). The summed E-state index contributed by atoms with van der Waals surface area (Å²) in [5.41, 5.74) is 1.62. The van der Waals surface area contributed by atoms with Gasteiger partial charge in [0, 0.05) is 60.4 Å². The number of nitrogens with zero attached hydrogens (tertiary/aromatic N) is 3. The molecule has 0 bridgehead atoms.